The molecule has 3 rings (SSSR count). The van der Waals surface area contributed by atoms with Gasteiger partial charge in [-0.25, -0.2) is 4.39 Å². The summed E-state index contributed by atoms with van der Waals surface area (Å²) in [5.74, 6) is 0.683. The number of unbranched alkanes of at least 4 members (excludes halogenated alkanes) is 2. The van der Waals surface area contributed by atoms with Crippen molar-refractivity contribution in [3.63, 3.8) is 0 Å². The maximum absolute atomic E-state index is 13.6. The molecule has 23 heavy (non-hydrogen) atoms. The van der Waals surface area contributed by atoms with E-state index in [1.807, 2.05) is 6.07 Å². The minimum atomic E-state index is -0.196. The van der Waals surface area contributed by atoms with Crippen LogP contribution in [-0.2, 0) is 6.54 Å². The van der Waals surface area contributed by atoms with Gasteiger partial charge in [0.05, 0.1) is 6.61 Å². The topological polar surface area (TPSA) is 21.3 Å². The lowest BCUT2D eigenvalue weighted by atomic mass is 9.93. The number of benzene rings is 2. The molecule has 0 radical (unpaired) electrons. The van der Waals surface area contributed by atoms with E-state index < -0.39 is 0 Å². The Balaban J connectivity index is 1.78. The Bertz CT molecular complexity index is 651. The van der Waals surface area contributed by atoms with E-state index in [9.17, 15) is 4.39 Å². The molecule has 0 bridgehead atoms. The molecule has 0 unspecified atom stereocenters. The lowest BCUT2D eigenvalue weighted by Crippen LogP contribution is -2.34. The second-order valence-corrected chi connectivity index (χ2v) is 6.52. The van der Waals surface area contributed by atoms with Crippen molar-refractivity contribution in [2.45, 2.75) is 58.0 Å². The summed E-state index contributed by atoms with van der Waals surface area (Å²) in [4.78, 5) is 0. The van der Waals surface area contributed by atoms with E-state index in [4.69, 9.17) is 4.74 Å². The fraction of sp³-hybridized carbons (Fsp3) is 0.500. The van der Waals surface area contributed by atoms with Crippen LogP contribution in [0.15, 0.2) is 30.3 Å². The number of halogens is 1. The summed E-state index contributed by atoms with van der Waals surface area (Å²) < 4.78 is 19.6. The molecule has 0 atom stereocenters. The molecule has 1 saturated carbocycles. The highest BCUT2D eigenvalue weighted by Crippen LogP contribution is 2.29. The number of ether oxygens (including phenoxy) is 1. The first-order valence-corrected chi connectivity index (χ1v) is 8.84. The molecule has 1 fully saturated rings. The van der Waals surface area contributed by atoms with E-state index in [0.717, 1.165) is 36.1 Å². The Hall–Kier alpha value is -1.61. The first-order valence-electron chi connectivity index (χ1n) is 8.84. The predicted molar refractivity (Wildman–Crippen MR) is 93.4 cm³/mol. The Labute approximate surface area is 138 Å². The number of hydrogen-bond donors (Lipinski definition) is 1. The number of fused-ring (bicyclic) bond motifs is 1. The van der Waals surface area contributed by atoms with Crippen LogP contribution < -0.4 is 10.1 Å². The fourth-order valence-corrected chi connectivity index (χ4v) is 3.00. The zero-order chi connectivity index (χ0) is 16.1. The van der Waals surface area contributed by atoms with Crippen molar-refractivity contribution >= 4 is 10.8 Å². The normalized spacial score (nSPS) is 14.9. The van der Waals surface area contributed by atoms with Gasteiger partial charge in [0.2, 0.25) is 0 Å². The second-order valence-electron chi connectivity index (χ2n) is 6.52. The van der Waals surface area contributed by atoms with Crippen molar-refractivity contribution in [3.05, 3.63) is 41.7 Å². The van der Waals surface area contributed by atoms with Crippen molar-refractivity contribution in [1.82, 2.24) is 5.32 Å². The third-order valence-electron chi connectivity index (χ3n) is 4.64. The van der Waals surface area contributed by atoms with E-state index in [1.165, 1.54) is 43.7 Å². The summed E-state index contributed by atoms with van der Waals surface area (Å²) in [6.45, 7) is 3.73. The van der Waals surface area contributed by atoms with Crippen LogP contribution >= 0.6 is 0 Å². The molecular formula is C20H26FNO. The maximum Gasteiger partial charge on any atom is 0.127 e. The molecule has 1 N–H and O–H groups in total. The first-order chi connectivity index (χ1) is 11.3. The van der Waals surface area contributed by atoms with Gasteiger partial charge in [-0.05, 0) is 60.5 Å². The van der Waals surface area contributed by atoms with Gasteiger partial charge in [0.1, 0.15) is 11.6 Å². The Morgan fingerprint density at radius 2 is 2.04 bits per heavy atom. The van der Waals surface area contributed by atoms with Crippen LogP contribution in [0, 0.1) is 5.82 Å². The summed E-state index contributed by atoms with van der Waals surface area (Å²) >= 11 is 0. The van der Waals surface area contributed by atoms with Crippen LogP contribution in [0.4, 0.5) is 4.39 Å². The van der Waals surface area contributed by atoms with Crippen LogP contribution in [0.25, 0.3) is 10.8 Å². The van der Waals surface area contributed by atoms with Gasteiger partial charge in [0.25, 0.3) is 0 Å². The highest BCUT2D eigenvalue weighted by atomic mass is 19.1. The van der Waals surface area contributed by atoms with Crippen LogP contribution in [-0.4, -0.2) is 12.6 Å². The molecule has 0 aliphatic heterocycles. The summed E-state index contributed by atoms with van der Waals surface area (Å²) in [6, 6.07) is 9.76. The molecule has 1 aliphatic rings. The molecule has 0 amide bonds. The molecule has 0 aromatic heterocycles. The van der Waals surface area contributed by atoms with E-state index in [-0.39, 0.29) is 5.82 Å². The minimum absolute atomic E-state index is 0.196. The molecule has 0 saturated heterocycles. The molecule has 2 nitrogen and oxygen atoms in total. The highest BCUT2D eigenvalue weighted by Gasteiger charge is 2.16. The third kappa shape index (κ3) is 4.23. The van der Waals surface area contributed by atoms with E-state index in [2.05, 4.69) is 24.4 Å². The van der Waals surface area contributed by atoms with Crippen LogP contribution in [0.2, 0.25) is 0 Å². The highest BCUT2D eigenvalue weighted by molar-refractivity contribution is 5.89. The molecular weight excluding hydrogens is 289 g/mol. The minimum Gasteiger partial charge on any atom is -0.493 e. The number of rotatable bonds is 8. The summed E-state index contributed by atoms with van der Waals surface area (Å²) in [6.07, 6.45) is 7.28. The molecule has 2 aromatic carbocycles. The van der Waals surface area contributed by atoms with Crippen LogP contribution in [0.5, 0.6) is 5.75 Å². The van der Waals surface area contributed by atoms with Gasteiger partial charge in [0, 0.05) is 18.0 Å². The van der Waals surface area contributed by atoms with Gasteiger partial charge < -0.3 is 10.1 Å². The van der Waals surface area contributed by atoms with Crippen molar-refractivity contribution in [1.29, 1.82) is 0 Å². The molecule has 124 valence electrons. The van der Waals surface area contributed by atoms with Crippen molar-refractivity contribution < 1.29 is 9.13 Å². The Kier molecular flexibility index (Phi) is 5.50. The lowest BCUT2D eigenvalue weighted by molar-refractivity contribution is 0.309. The quantitative estimate of drug-likeness (QED) is 0.677. The zero-order valence-electron chi connectivity index (χ0n) is 13.9. The number of nitrogens with one attached hydrogen (secondary N) is 1. The zero-order valence-corrected chi connectivity index (χ0v) is 13.9. The molecule has 0 heterocycles. The van der Waals surface area contributed by atoms with Crippen LogP contribution in [0.3, 0.4) is 0 Å². The monoisotopic (exact) mass is 315 g/mol. The standard InChI is InChI=1S/C20H26FNO/c1-2-3-4-10-23-20-12-15(14-22-18-6-5-7-18)11-16-13-17(21)8-9-19(16)20/h8-9,11-13,18,22H,2-7,10,14H2,1H3. The SMILES string of the molecule is CCCCCOc1cc(CNC2CCC2)cc2cc(F)ccc12. The van der Waals surface area contributed by atoms with Gasteiger partial charge >= 0.3 is 0 Å². The average molecular weight is 315 g/mol. The number of hydrogen-bond acceptors (Lipinski definition) is 2. The van der Waals surface area contributed by atoms with Crippen molar-refractivity contribution in [2.24, 2.45) is 0 Å². The molecule has 0 spiro atoms. The Morgan fingerprint density at radius 3 is 2.78 bits per heavy atom. The van der Waals surface area contributed by atoms with Crippen molar-refractivity contribution in [2.75, 3.05) is 6.61 Å². The second kappa shape index (κ2) is 7.78. The van der Waals surface area contributed by atoms with E-state index in [1.54, 1.807) is 6.07 Å². The maximum atomic E-state index is 13.6. The Morgan fingerprint density at radius 1 is 1.17 bits per heavy atom. The van der Waals surface area contributed by atoms with E-state index >= 15 is 0 Å². The van der Waals surface area contributed by atoms with Gasteiger partial charge in [-0.1, -0.05) is 26.2 Å². The average Bonchev–Trinajstić information content (AvgIpc) is 2.49. The van der Waals surface area contributed by atoms with Crippen LogP contribution in [0.1, 0.15) is 51.0 Å². The molecule has 3 heteroatoms. The molecule has 2 aromatic rings. The van der Waals surface area contributed by atoms with Gasteiger partial charge in [-0.2, -0.15) is 0 Å². The summed E-state index contributed by atoms with van der Waals surface area (Å²) in [7, 11) is 0. The largest absolute Gasteiger partial charge is 0.493 e. The van der Waals surface area contributed by atoms with Gasteiger partial charge in [0.15, 0.2) is 0 Å². The molecule has 1 aliphatic carbocycles. The van der Waals surface area contributed by atoms with E-state index in [0.29, 0.717) is 6.04 Å². The third-order valence-corrected chi connectivity index (χ3v) is 4.64. The summed E-state index contributed by atoms with van der Waals surface area (Å²) in [5.41, 5.74) is 1.17. The fourth-order valence-electron chi connectivity index (χ4n) is 3.00. The van der Waals surface area contributed by atoms with Crippen molar-refractivity contribution in [3.8, 4) is 5.75 Å². The smallest absolute Gasteiger partial charge is 0.127 e. The van der Waals surface area contributed by atoms with Gasteiger partial charge in [-0.3, -0.25) is 0 Å². The lowest BCUT2D eigenvalue weighted by Gasteiger charge is -2.26. The first kappa shape index (κ1) is 16.3. The predicted octanol–water partition coefficient (Wildman–Crippen LogP) is 5.19. The summed E-state index contributed by atoms with van der Waals surface area (Å²) in [5, 5.41) is 5.48. The van der Waals surface area contributed by atoms with Gasteiger partial charge in [-0.15, -0.1) is 0 Å².